The van der Waals surface area contributed by atoms with Crippen LogP contribution in [0.3, 0.4) is 0 Å². The third-order valence-corrected chi connectivity index (χ3v) is 8.23. The number of ether oxygens (including phenoxy) is 3. The van der Waals surface area contributed by atoms with Crippen LogP contribution in [-0.2, 0) is 16.1 Å². The molecule has 0 fully saturated rings. The number of carbonyl (C=O) groups excluding carboxylic acids is 1. The standard InChI is InChI=1S/C33H29Cl2FN2O5S/c1-5-41-32(40)28-19(4)37-33-38(29(28)23-11-7-9-13-26(23)43-18(2)3)31(39)27(44-33)15-21-14-22(34)16-24(35)30(21)42-17-20-10-6-8-12-25(20)36/h6-16,18,29H,5,17H2,1-4H3/b27-15-/t29-/m0/s1. The van der Waals surface area contributed by atoms with E-state index in [2.05, 4.69) is 4.99 Å². The Balaban J connectivity index is 1.68. The summed E-state index contributed by atoms with van der Waals surface area (Å²) in [5, 5.41) is 0.524. The molecule has 0 aliphatic carbocycles. The number of hydrogen-bond donors (Lipinski definition) is 0. The van der Waals surface area contributed by atoms with Gasteiger partial charge >= 0.3 is 5.97 Å². The van der Waals surface area contributed by atoms with Crippen molar-refractivity contribution in [1.29, 1.82) is 0 Å². The van der Waals surface area contributed by atoms with Gasteiger partial charge in [0.25, 0.3) is 5.56 Å². The van der Waals surface area contributed by atoms with Crippen LogP contribution in [0, 0.1) is 5.82 Å². The van der Waals surface area contributed by atoms with Crippen LogP contribution in [0.1, 0.15) is 50.4 Å². The number of halogens is 3. The van der Waals surface area contributed by atoms with Crippen LogP contribution in [0.4, 0.5) is 4.39 Å². The predicted octanol–water partition coefficient (Wildman–Crippen LogP) is 6.61. The molecule has 0 saturated heterocycles. The molecule has 0 amide bonds. The molecule has 5 rings (SSSR count). The van der Waals surface area contributed by atoms with Crippen LogP contribution >= 0.6 is 34.5 Å². The quantitative estimate of drug-likeness (QED) is 0.190. The summed E-state index contributed by atoms with van der Waals surface area (Å²) in [6, 6.07) is 15.8. The molecule has 11 heteroatoms. The summed E-state index contributed by atoms with van der Waals surface area (Å²) < 4.78 is 33.5. The highest BCUT2D eigenvalue weighted by Gasteiger charge is 2.35. The molecule has 0 bridgehead atoms. The Morgan fingerprint density at radius 2 is 1.86 bits per heavy atom. The van der Waals surface area contributed by atoms with E-state index in [0.29, 0.717) is 42.5 Å². The summed E-state index contributed by atoms with van der Waals surface area (Å²) >= 11 is 14.0. The lowest BCUT2D eigenvalue weighted by molar-refractivity contribution is -0.139. The van der Waals surface area contributed by atoms with Crippen molar-refractivity contribution in [2.24, 2.45) is 4.99 Å². The van der Waals surface area contributed by atoms with Gasteiger partial charge in [-0.2, -0.15) is 0 Å². The van der Waals surface area contributed by atoms with E-state index in [1.165, 1.54) is 16.7 Å². The third-order valence-electron chi connectivity index (χ3n) is 6.75. The van der Waals surface area contributed by atoms with Gasteiger partial charge in [-0.05, 0) is 58.0 Å². The molecule has 1 aliphatic heterocycles. The Hall–Kier alpha value is -3.92. The maximum absolute atomic E-state index is 14.3. The van der Waals surface area contributed by atoms with Gasteiger partial charge in [0.1, 0.15) is 30.0 Å². The Kier molecular flexibility index (Phi) is 9.58. The first-order valence-corrected chi connectivity index (χ1v) is 15.5. The number of thiazole rings is 1. The van der Waals surface area contributed by atoms with Crippen LogP contribution in [-0.4, -0.2) is 23.2 Å². The second-order valence-corrected chi connectivity index (χ2v) is 12.0. The van der Waals surface area contributed by atoms with Crippen LogP contribution < -0.4 is 24.4 Å². The number of benzene rings is 3. The second-order valence-electron chi connectivity index (χ2n) is 10.2. The smallest absolute Gasteiger partial charge is 0.338 e. The molecule has 1 aliphatic rings. The molecule has 0 spiro atoms. The number of rotatable bonds is 9. The molecule has 0 saturated carbocycles. The molecular weight excluding hydrogens is 626 g/mol. The van der Waals surface area contributed by atoms with Crippen LogP contribution in [0.25, 0.3) is 6.08 Å². The van der Waals surface area contributed by atoms with Crippen LogP contribution in [0.5, 0.6) is 11.5 Å². The number of allylic oxidation sites excluding steroid dienone is 1. The van der Waals surface area contributed by atoms with E-state index in [-0.39, 0.29) is 35.7 Å². The highest BCUT2D eigenvalue weighted by molar-refractivity contribution is 7.07. The van der Waals surface area contributed by atoms with E-state index in [4.69, 9.17) is 37.4 Å². The average molecular weight is 656 g/mol. The van der Waals surface area contributed by atoms with Gasteiger partial charge in [0.05, 0.1) is 33.5 Å². The van der Waals surface area contributed by atoms with Gasteiger partial charge in [-0.1, -0.05) is 70.9 Å². The fourth-order valence-corrected chi connectivity index (χ4v) is 6.50. The van der Waals surface area contributed by atoms with Gasteiger partial charge < -0.3 is 14.2 Å². The lowest BCUT2D eigenvalue weighted by Gasteiger charge is -2.26. The van der Waals surface area contributed by atoms with Crippen molar-refractivity contribution in [1.82, 2.24) is 4.57 Å². The Morgan fingerprint density at radius 1 is 1.14 bits per heavy atom. The van der Waals surface area contributed by atoms with Crippen molar-refractivity contribution in [2.75, 3.05) is 6.61 Å². The summed E-state index contributed by atoms with van der Waals surface area (Å²) in [6.07, 6.45) is 1.45. The number of aromatic nitrogens is 1. The summed E-state index contributed by atoms with van der Waals surface area (Å²) in [5.41, 5.74) is 1.65. The minimum atomic E-state index is -0.859. The van der Waals surface area contributed by atoms with Crippen molar-refractivity contribution in [3.63, 3.8) is 0 Å². The number of fused-ring (bicyclic) bond motifs is 1. The van der Waals surface area contributed by atoms with Gasteiger partial charge in [-0.15, -0.1) is 0 Å². The van der Waals surface area contributed by atoms with Crippen LogP contribution in [0.15, 0.2) is 81.7 Å². The van der Waals surface area contributed by atoms with Crippen molar-refractivity contribution >= 4 is 46.6 Å². The topological polar surface area (TPSA) is 79.1 Å². The molecule has 228 valence electrons. The normalized spacial score (nSPS) is 14.8. The molecule has 1 aromatic heterocycles. The number of para-hydroxylation sites is 1. The first kappa shape index (κ1) is 31.5. The van der Waals surface area contributed by atoms with Gasteiger partial charge in [0.2, 0.25) is 0 Å². The third kappa shape index (κ3) is 6.45. The van der Waals surface area contributed by atoms with E-state index in [1.54, 1.807) is 50.3 Å². The highest BCUT2D eigenvalue weighted by atomic mass is 35.5. The lowest BCUT2D eigenvalue weighted by Crippen LogP contribution is -2.40. The number of nitrogens with zero attached hydrogens (tertiary/aromatic N) is 2. The molecule has 4 aromatic rings. The van der Waals surface area contributed by atoms with Gasteiger partial charge in [0.15, 0.2) is 4.80 Å². The predicted molar refractivity (Wildman–Crippen MR) is 170 cm³/mol. The molecule has 0 unspecified atom stereocenters. The highest BCUT2D eigenvalue weighted by Crippen LogP contribution is 2.37. The van der Waals surface area contributed by atoms with E-state index in [9.17, 15) is 14.0 Å². The molecule has 0 radical (unpaired) electrons. The van der Waals surface area contributed by atoms with Crippen molar-refractivity contribution in [3.8, 4) is 11.5 Å². The fourth-order valence-electron chi connectivity index (χ4n) is 4.90. The summed E-state index contributed by atoms with van der Waals surface area (Å²) in [5.74, 6) is -0.218. The zero-order valence-corrected chi connectivity index (χ0v) is 26.7. The van der Waals surface area contributed by atoms with Gasteiger partial charge in [0, 0.05) is 21.7 Å². The summed E-state index contributed by atoms with van der Waals surface area (Å²) in [4.78, 5) is 32.5. The van der Waals surface area contributed by atoms with E-state index in [1.807, 2.05) is 32.0 Å². The minimum absolute atomic E-state index is 0.0924. The van der Waals surface area contributed by atoms with Gasteiger partial charge in [-0.3, -0.25) is 9.36 Å². The maximum atomic E-state index is 14.3. The monoisotopic (exact) mass is 654 g/mol. The Morgan fingerprint density at radius 3 is 2.59 bits per heavy atom. The fraction of sp³-hybridized carbons (Fsp3) is 0.242. The summed E-state index contributed by atoms with van der Waals surface area (Å²) in [7, 11) is 0. The van der Waals surface area contributed by atoms with E-state index < -0.39 is 23.4 Å². The molecule has 0 N–H and O–H groups in total. The zero-order chi connectivity index (χ0) is 31.5. The minimum Gasteiger partial charge on any atom is -0.491 e. The molecule has 1 atom stereocenters. The van der Waals surface area contributed by atoms with Gasteiger partial charge in [-0.25, -0.2) is 14.2 Å². The first-order valence-electron chi connectivity index (χ1n) is 13.9. The van der Waals surface area contributed by atoms with E-state index >= 15 is 0 Å². The Bertz CT molecular complexity index is 1950. The number of esters is 1. The Labute approximate surface area is 267 Å². The van der Waals surface area contributed by atoms with E-state index in [0.717, 1.165) is 11.3 Å². The molecular formula is C33H29Cl2FN2O5S. The summed E-state index contributed by atoms with van der Waals surface area (Å²) in [6.45, 7) is 7.30. The SMILES string of the molecule is CCOC(=O)C1=C(C)N=c2s/c(=C\c3cc(Cl)cc(Cl)c3OCc3ccccc3F)c(=O)n2[C@H]1c1ccccc1OC(C)C. The second kappa shape index (κ2) is 13.4. The van der Waals surface area contributed by atoms with Crippen LogP contribution in [0.2, 0.25) is 10.0 Å². The lowest BCUT2D eigenvalue weighted by atomic mass is 9.95. The molecule has 7 nitrogen and oxygen atoms in total. The average Bonchev–Trinajstić information content (AvgIpc) is 3.26. The first-order chi connectivity index (χ1) is 21.1. The van der Waals surface area contributed by atoms with Crippen molar-refractivity contribution in [2.45, 2.75) is 46.4 Å². The molecule has 44 heavy (non-hydrogen) atoms. The molecule has 3 aromatic carbocycles. The van der Waals surface area contributed by atoms with Crippen molar-refractivity contribution < 1.29 is 23.4 Å². The largest absolute Gasteiger partial charge is 0.491 e. The molecule has 2 heterocycles. The van der Waals surface area contributed by atoms with Crippen molar-refractivity contribution in [3.05, 3.63) is 124 Å². The number of hydrogen-bond acceptors (Lipinski definition) is 7. The number of carbonyl (C=O) groups is 1. The maximum Gasteiger partial charge on any atom is 0.338 e. The zero-order valence-electron chi connectivity index (χ0n) is 24.4.